The molecule has 2 fully saturated rings. The lowest BCUT2D eigenvalue weighted by Crippen LogP contribution is -2.67. The van der Waals surface area contributed by atoms with Crippen molar-refractivity contribution in [3.63, 3.8) is 0 Å². The molecule has 7 nitrogen and oxygen atoms in total. The van der Waals surface area contributed by atoms with Crippen LogP contribution in [0, 0.1) is 5.92 Å². The summed E-state index contributed by atoms with van der Waals surface area (Å²) >= 11 is 0. The first-order valence-corrected chi connectivity index (χ1v) is 11.1. The van der Waals surface area contributed by atoms with Crippen LogP contribution in [0.25, 0.3) is 0 Å². The molecule has 2 aliphatic rings. The first-order valence-electron chi connectivity index (χ1n) is 11.1. The summed E-state index contributed by atoms with van der Waals surface area (Å²) < 4.78 is 12.1. The predicted octanol–water partition coefficient (Wildman–Crippen LogP) is 3.02. The molecule has 1 saturated carbocycles. The van der Waals surface area contributed by atoms with E-state index in [1.165, 1.54) is 6.92 Å². The topological polar surface area (TPSA) is 93.7 Å². The summed E-state index contributed by atoms with van der Waals surface area (Å²) in [5.41, 5.74) is -2.23. The van der Waals surface area contributed by atoms with Gasteiger partial charge >= 0.3 is 7.12 Å². The van der Waals surface area contributed by atoms with Gasteiger partial charge in [0.1, 0.15) is 11.3 Å². The van der Waals surface area contributed by atoms with E-state index in [1.807, 2.05) is 48.5 Å². The molecule has 170 valence electrons. The van der Waals surface area contributed by atoms with Crippen LogP contribution in [0.15, 0.2) is 0 Å². The second-order valence-electron chi connectivity index (χ2n) is 10.9. The van der Waals surface area contributed by atoms with Gasteiger partial charge < -0.3 is 19.9 Å². The van der Waals surface area contributed by atoms with Crippen molar-refractivity contribution in [1.82, 2.24) is 10.6 Å². The smallest absolute Gasteiger partial charge is 0.403 e. The number of hydrogen-bond acceptors (Lipinski definition) is 5. The van der Waals surface area contributed by atoms with Crippen LogP contribution in [0.5, 0.6) is 0 Å². The van der Waals surface area contributed by atoms with Crippen LogP contribution in [0.4, 0.5) is 0 Å². The number of nitrogens with one attached hydrogen (secondary N) is 2. The highest BCUT2D eigenvalue weighted by molar-refractivity contribution is 6.45. The van der Waals surface area contributed by atoms with Crippen molar-refractivity contribution in [1.29, 1.82) is 0 Å². The molecule has 1 unspecified atom stereocenters. The average Bonchev–Trinajstić information content (AvgIpc) is 2.72. The second kappa shape index (κ2) is 8.62. The monoisotopic (exact) mass is 422 g/mol. The van der Waals surface area contributed by atoms with Gasteiger partial charge in [-0.15, -0.1) is 0 Å². The largest absolute Gasteiger partial charge is 0.457 e. The van der Waals surface area contributed by atoms with Gasteiger partial charge in [-0.05, 0) is 61.2 Å². The molecule has 30 heavy (non-hydrogen) atoms. The maximum atomic E-state index is 13.3. The molecule has 1 aliphatic heterocycles. The molecule has 0 aromatic carbocycles. The molecule has 1 atom stereocenters. The van der Waals surface area contributed by atoms with Crippen molar-refractivity contribution in [2.75, 3.05) is 0 Å². The molecule has 2 rings (SSSR count). The number of unbranched alkanes of at least 4 members (excludes halogenated alkanes) is 1. The molecule has 0 aromatic rings. The highest BCUT2D eigenvalue weighted by atomic mass is 16.7. The lowest BCUT2D eigenvalue weighted by molar-refractivity contribution is -0.143. The van der Waals surface area contributed by atoms with Gasteiger partial charge in [0.15, 0.2) is 0 Å². The fourth-order valence-corrected chi connectivity index (χ4v) is 4.13. The summed E-state index contributed by atoms with van der Waals surface area (Å²) in [5, 5.41) is 5.95. The number of hydrogen-bond donors (Lipinski definition) is 2. The van der Waals surface area contributed by atoms with Gasteiger partial charge in [0.2, 0.25) is 11.8 Å². The minimum atomic E-state index is -1.07. The summed E-state index contributed by atoms with van der Waals surface area (Å²) in [6.45, 7) is 15.3. The van der Waals surface area contributed by atoms with E-state index in [-0.39, 0.29) is 41.8 Å². The quantitative estimate of drug-likeness (QED) is 0.463. The van der Waals surface area contributed by atoms with Crippen molar-refractivity contribution in [2.24, 2.45) is 5.92 Å². The number of Topliss-reactive ketones (excluding diaryl/α,β-unsaturated/α-hetero) is 1. The standard InChI is InChI=1S/C22H39BN2O5/c1-15(26)24-22(16-13-17(27)14-16,18(28)25-19(2,3)4)11-9-10-12-23-29-20(5,6)21(7,8)30-23/h16H,9-14H2,1-8H3,(H,24,26)(H,25,28). The molecule has 0 bridgehead atoms. The van der Waals surface area contributed by atoms with Crippen LogP contribution < -0.4 is 10.6 Å². The minimum absolute atomic E-state index is 0.135. The van der Waals surface area contributed by atoms with Crippen molar-refractivity contribution in [2.45, 2.75) is 116 Å². The maximum Gasteiger partial charge on any atom is 0.457 e. The number of carbonyl (C=O) groups is 3. The molecule has 1 aliphatic carbocycles. The Bertz CT molecular complexity index is 662. The first-order chi connectivity index (χ1) is 13.6. The van der Waals surface area contributed by atoms with Gasteiger partial charge in [-0.3, -0.25) is 14.4 Å². The molecule has 2 amide bonds. The lowest BCUT2D eigenvalue weighted by atomic mass is 9.66. The first kappa shape index (κ1) is 24.9. The summed E-state index contributed by atoms with van der Waals surface area (Å²) in [4.78, 5) is 37.0. The summed E-state index contributed by atoms with van der Waals surface area (Å²) in [6, 6.07) is 0. The van der Waals surface area contributed by atoms with Gasteiger partial charge in [-0.25, -0.2) is 0 Å². The number of ketones is 1. The van der Waals surface area contributed by atoms with Crippen LogP contribution in [0.2, 0.25) is 6.32 Å². The van der Waals surface area contributed by atoms with E-state index in [2.05, 4.69) is 10.6 Å². The Balaban J connectivity index is 2.06. The third-order valence-corrected chi connectivity index (χ3v) is 6.50. The van der Waals surface area contributed by atoms with Crippen molar-refractivity contribution in [3.8, 4) is 0 Å². The Labute approximate surface area is 181 Å². The van der Waals surface area contributed by atoms with E-state index in [4.69, 9.17) is 9.31 Å². The second-order valence-corrected chi connectivity index (χ2v) is 10.9. The van der Waals surface area contributed by atoms with Crippen molar-refractivity contribution >= 4 is 24.7 Å². The van der Waals surface area contributed by atoms with Crippen molar-refractivity contribution in [3.05, 3.63) is 0 Å². The van der Waals surface area contributed by atoms with Crippen LogP contribution in [-0.2, 0) is 23.7 Å². The SMILES string of the molecule is CC(=O)NC(CCCCB1OC(C)(C)C(C)(C)O1)(C(=O)NC(C)(C)C)C1CC(=O)C1. The minimum Gasteiger partial charge on any atom is -0.403 e. The Morgan fingerprint density at radius 2 is 1.57 bits per heavy atom. The van der Waals surface area contributed by atoms with Gasteiger partial charge in [-0.1, -0.05) is 12.8 Å². The molecule has 0 aromatic heterocycles. The summed E-state index contributed by atoms with van der Waals surface area (Å²) in [7, 11) is -0.279. The predicted molar refractivity (Wildman–Crippen MR) is 117 cm³/mol. The Morgan fingerprint density at radius 1 is 1.03 bits per heavy atom. The zero-order valence-electron chi connectivity index (χ0n) is 19.9. The van der Waals surface area contributed by atoms with E-state index >= 15 is 0 Å². The number of carbonyl (C=O) groups excluding carboxylic acids is 3. The van der Waals surface area contributed by atoms with Gasteiger partial charge in [0.05, 0.1) is 11.2 Å². The van der Waals surface area contributed by atoms with Gasteiger partial charge in [0, 0.05) is 31.2 Å². The highest BCUT2D eigenvalue weighted by Crippen LogP contribution is 2.40. The zero-order valence-corrected chi connectivity index (χ0v) is 19.9. The fourth-order valence-electron chi connectivity index (χ4n) is 4.13. The van der Waals surface area contributed by atoms with E-state index in [9.17, 15) is 14.4 Å². The third kappa shape index (κ3) is 5.64. The molecule has 1 saturated heterocycles. The van der Waals surface area contributed by atoms with Crippen LogP contribution >= 0.6 is 0 Å². The number of rotatable bonds is 8. The van der Waals surface area contributed by atoms with Crippen molar-refractivity contribution < 1.29 is 23.7 Å². The fraction of sp³-hybridized carbons (Fsp3) is 0.864. The molecule has 0 radical (unpaired) electrons. The molecule has 2 N–H and O–H groups in total. The van der Waals surface area contributed by atoms with Crippen LogP contribution in [0.3, 0.4) is 0 Å². The Morgan fingerprint density at radius 3 is 2.00 bits per heavy atom. The van der Waals surface area contributed by atoms with E-state index in [0.717, 1.165) is 6.42 Å². The zero-order chi connectivity index (χ0) is 23.0. The Kier molecular flexibility index (Phi) is 7.14. The van der Waals surface area contributed by atoms with Gasteiger partial charge in [-0.2, -0.15) is 0 Å². The molecule has 8 heteroatoms. The summed E-state index contributed by atoms with van der Waals surface area (Å²) in [5.74, 6) is -0.508. The number of amides is 2. The average molecular weight is 422 g/mol. The lowest BCUT2D eigenvalue weighted by Gasteiger charge is -2.45. The molecular formula is C22H39BN2O5. The van der Waals surface area contributed by atoms with E-state index in [0.29, 0.717) is 32.0 Å². The normalized spacial score (nSPS) is 22.9. The maximum absolute atomic E-state index is 13.3. The van der Waals surface area contributed by atoms with Crippen LogP contribution in [0.1, 0.15) is 87.5 Å². The molecule has 0 spiro atoms. The third-order valence-electron chi connectivity index (χ3n) is 6.50. The summed E-state index contributed by atoms with van der Waals surface area (Å²) in [6.07, 6.45) is 3.36. The van der Waals surface area contributed by atoms with E-state index in [1.54, 1.807) is 0 Å². The van der Waals surface area contributed by atoms with E-state index < -0.39 is 11.1 Å². The Hall–Kier alpha value is -1.41. The van der Waals surface area contributed by atoms with Crippen LogP contribution in [-0.4, -0.2) is 47.0 Å². The van der Waals surface area contributed by atoms with Gasteiger partial charge in [0.25, 0.3) is 0 Å². The highest BCUT2D eigenvalue weighted by Gasteiger charge is 2.52. The molecular weight excluding hydrogens is 383 g/mol. The molecule has 1 heterocycles.